The minimum atomic E-state index is -4.37. The number of alkyl halides is 3. The van der Waals surface area contributed by atoms with Crippen LogP contribution in [0, 0.1) is 5.92 Å². The topological polar surface area (TPSA) is 34.2 Å². The summed E-state index contributed by atoms with van der Waals surface area (Å²) in [4.78, 5) is 3.77. The van der Waals surface area contributed by atoms with Crippen LogP contribution in [0.2, 0.25) is 0 Å². The van der Waals surface area contributed by atoms with Gasteiger partial charge >= 0.3 is 6.18 Å². The van der Waals surface area contributed by atoms with Crippen molar-refractivity contribution in [3.8, 4) is 0 Å². The van der Waals surface area contributed by atoms with E-state index in [1.807, 2.05) is 0 Å². The van der Waals surface area contributed by atoms with Crippen LogP contribution in [-0.4, -0.2) is 24.7 Å². The zero-order valence-electron chi connectivity index (χ0n) is 9.83. The van der Waals surface area contributed by atoms with Crippen LogP contribution in [-0.2, 0) is 10.9 Å². The van der Waals surface area contributed by atoms with E-state index in [1.54, 1.807) is 0 Å². The number of nitrogens with one attached hydrogen (secondary N) is 1. The maximum Gasteiger partial charge on any atom is 0.419 e. The zero-order valence-corrected chi connectivity index (χ0v) is 9.83. The van der Waals surface area contributed by atoms with Gasteiger partial charge in [0.25, 0.3) is 0 Å². The number of anilines is 1. The van der Waals surface area contributed by atoms with Gasteiger partial charge in [-0.15, -0.1) is 0 Å². The fourth-order valence-electron chi connectivity index (χ4n) is 1.97. The molecule has 1 aromatic heterocycles. The lowest BCUT2D eigenvalue weighted by atomic mass is 10.0. The van der Waals surface area contributed by atoms with Gasteiger partial charge in [-0.25, -0.2) is 4.98 Å². The van der Waals surface area contributed by atoms with E-state index < -0.39 is 11.7 Å². The van der Waals surface area contributed by atoms with Crippen LogP contribution in [0.25, 0.3) is 0 Å². The number of hydrogen-bond donors (Lipinski definition) is 1. The van der Waals surface area contributed by atoms with E-state index in [-0.39, 0.29) is 5.82 Å². The average Bonchev–Trinajstić information content (AvgIpc) is 2.37. The predicted molar refractivity (Wildman–Crippen MR) is 61.3 cm³/mol. The van der Waals surface area contributed by atoms with Crippen molar-refractivity contribution < 1.29 is 17.9 Å². The van der Waals surface area contributed by atoms with Crippen molar-refractivity contribution >= 4 is 5.82 Å². The van der Waals surface area contributed by atoms with Crippen molar-refractivity contribution in [3.63, 3.8) is 0 Å². The lowest BCUT2D eigenvalue weighted by Gasteiger charge is -2.23. The number of pyridine rings is 1. The Labute approximate surface area is 103 Å². The van der Waals surface area contributed by atoms with Gasteiger partial charge in [-0.2, -0.15) is 13.2 Å². The minimum Gasteiger partial charge on any atom is -0.381 e. The molecule has 0 radical (unpaired) electrons. The van der Waals surface area contributed by atoms with Crippen molar-refractivity contribution in [2.24, 2.45) is 5.92 Å². The summed E-state index contributed by atoms with van der Waals surface area (Å²) in [6.07, 6.45) is -1.25. The maximum atomic E-state index is 12.7. The van der Waals surface area contributed by atoms with E-state index in [9.17, 15) is 13.2 Å². The SMILES string of the molecule is FC(F)(F)c1cccnc1NCC1CCOCC1. The quantitative estimate of drug-likeness (QED) is 0.907. The summed E-state index contributed by atoms with van der Waals surface area (Å²) in [5.41, 5.74) is -0.711. The molecule has 2 heterocycles. The molecule has 6 heteroatoms. The van der Waals surface area contributed by atoms with E-state index in [0.717, 1.165) is 18.9 Å². The van der Waals surface area contributed by atoms with Gasteiger partial charge < -0.3 is 10.1 Å². The van der Waals surface area contributed by atoms with Gasteiger partial charge in [0.2, 0.25) is 0 Å². The summed E-state index contributed by atoms with van der Waals surface area (Å²) in [6.45, 7) is 1.87. The second-order valence-corrected chi connectivity index (χ2v) is 4.33. The molecule has 1 aromatic rings. The first-order chi connectivity index (χ1) is 8.57. The van der Waals surface area contributed by atoms with Crippen LogP contribution in [0.3, 0.4) is 0 Å². The maximum absolute atomic E-state index is 12.7. The number of hydrogen-bond acceptors (Lipinski definition) is 3. The Morgan fingerprint density at radius 3 is 2.72 bits per heavy atom. The highest BCUT2D eigenvalue weighted by molar-refractivity contribution is 5.45. The van der Waals surface area contributed by atoms with Crippen molar-refractivity contribution in [3.05, 3.63) is 23.9 Å². The van der Waals surface area contributed by atoms with E-state index in [2.05, 4.69) is 10.3 Å². The first-order valence-corrected chi connectivity index (χ1v) is 5.91. The Bertz CT molecular complexity index is 389. The molecule has 0 aromatic carbocycles. The first kappa shape index (κ1) is 13.1. The molecule has 0 spiro atoms. The fraction of sp³-hybridized carbons (Fsp3) is 0.583. The molecule has 100 valence electrons. The lowest BCUT2D eigenvalue weighted by Crippen LogP contribution is -2.24. The summed E-state index contributed by atoms with van der Waals surface area (Å²) < 4.78 is 43.3. The molecule has 1 N–H and O–H groups in total. The van der Waals surface area contributed by atoms with Gasteiger partial charge in [0.05, 0.1) is 5.56 Å². The van der Waals surface area contributed by atoms with E-state index in [4.69, 9.17) is 4.74 Å². The van der Waals surface area contributed by atoms with Crippen LogP contribution in [0.15, 0.2) is 18.3 Å². The smallest absolute Gasteiger partial charge is 0.381 e. The third-order valence-electron chi connectivity index (χ3n) is 3.01. The molecule has 0 atom stereocenters. The van der Waals surface area contributed by atoms with Crippen LogP contribution in [0.4, 0.5) is 19.0 Å². The molecule has 1 saturated heterocycles. The molecular weight excluding hydrogens is 245 g/mol. The molecule has 0 unspecified atom stereocenters. The number of ether oxygens (including phenoxy) is 1. The van der Waals surface area contributed by atoms with Crippen molar-refractivity contribution in [2.45, 2.75) is 19.0 Å². The first-order valence-electron chi connectivity index (χ1n) is 5.91. The van der Waals surface area contributed by atoms with Crippen LogP contribution in [0.1, 0.15) is 18.4 Å². The predicted octanol–water partition coefficient (Wildman–Crippen LogP) is 2.94. The Hall–Kier alpha value is -1.30. The number of nitrogens with zero attached hydrogens (tertiary/aromatic N) is 1. The number of aromatic nitrogens is 1. The lowest BCUT2D eigenvalue weighted by molar-refractivity contribution is -0.137. The molecule has 18 heavy (non-hydrogen) atoms. The van der Waals surface area contributed by atoms with E-state index in [1.165, 1.54) is 12.3 Å². The standard InChI is InChI=1S/C12H15F3N2O/c13-12(14,15)10-2-1-5-16-11(10)17-8-9-3-6-18-7-4-9/h1-2,5,9H,3-4,6-8H2,(H,16,17). The highest BCUT2D eigenvalue weighted by Gasteiger charge is 2.34. The normalized spacial score (nSPS) is 17.7. The van der Waals surface area contributed by atoms with Gasteiger partial charge in [0, 0.05) is 26.0 Å². The largest absolute Gasteiger partial charge is 0.419 e. The van der Waals surface area contributed by atoms with Gasteiger partial charge in [0.15, 0.2) is 0 Å². The molecule has 0 aliphatic carbocycles. The molecule has 0 bridgehead atoms. The summed E-state index contributed by atoms with van der Waals surface area (Å²) in [7, 11) is 0. The van der Waals surface area contributed by atoms with Crippen LogP contribution in [0.5, 0.6) is 0 Å². The molecule has 1 aliphatic rings. The highest BCUT2D eigenvalue weighted by atomic mass is 19.4. The van der Waals surface area contributed by atoms with Crippen molar-refractivity contribution in [1.82, 2.24) is 4.98 Å². The third-order valence-corrected chi connectivity index (χ3v) is 3.01. The summed E-state index contributed by atoms with van der Waals surface area (Å²) in [5, 5.41) is 2.80. The molecule has 0 amide bonds. The molecule has 1 aliphatic heterocycles. The van der Waals surface area contributed by atoms with Gasteiger partial charge in [-0.1, -0.05) is 0 Å². The van der Waals surface area contributed by atoms with Crippen molar-refractivity contribution in [2.75, 3.05) is 25.1 Å². The Balaban J connectivity index is 2.00. The van der Waals surface area contributed by atoms with Gasteiger partial charge in [0.1, 0.15) is 5.82 Å². The van der Waals surface area contributed by atoms with Gasteiger partial charge in [-0.3, -0.25) is 0 Å². The van der Waals surface area contributed by atoms with Crippen molar-refractivity contribution in [1.29, 1.82) is 0 Å². The van der Waals surface area contributed by atoms with Crippen LogP contribution >= 0.6 is 0 Å². The molecule has 2 rings (SSSR count). The molecule has 1 fully saturated rings. The monoisotopic (exact) mass is 260 g/mol. The average molecular weight is 260 g/mol. The summed E-state index contributed by atoms with van der Waals surface area (Å²) in [6, 6.07) is 2.34. The summed E-state index contributed by atoms with van der Waals surface area (Å²) in [5.74, 6) is 0.262. The molecular formula is C12H15F3N2O. The number of rotatable bonds is 3. The van der Waals surface area contributed by atoms with Crippen LogP contribution < -0.4 is 5.32 Å². The molecule has 0 saturated carbocycles. The molecule has 3 nitrogen and oxygen atoms in total. The van der Waals surface area contributed by atoms with Gasteiger partial charge in [-0.05, 0) is 30.9 Å². The summed E-state index contributed by atoms with van der Waals surface area (Å²) >= 11 is 0. The zero-order chi connectivity index (χ0) is 13.0. The van der Waals surface area contributed by atoms with E-state index >= 15 is 0 Å². The Kier molecular flexibility index (Phi) is 4.06. The highest BCUT2D eigenvalue weighted by Crippen LogP contribution is 2.33. The Morgan fingerprint density at radius 1 is 1.33 bits per heavy atom. The minimum absolute atomic E-state index is 0.0866. The Morgan fingerprint density at radius 2 is 2.06 bits per heavy atom. The fourth-order valence-corrected chi connectivity index (χ4v) is 1.97. The van der Waals surface area contributed by atoms with E-state index in [0.29, 0.717) is 25.7 Å². The third kappa shape index (κ3) is 3.35. The number of halogens is 3. The second-order valence-electron chi connectivity index (χ2n) is 4.33. The second kappa shape index (κ2) is 5.56.